The van der Waals surface area contributed by atoms with Crippen LogP contribution in [-0.2, 0) is 28.9 Å². The van der Waals surface area contributed by atoms with E-state index in [0.29, 0.717) is 37.7 Å². The van der Waals surface area contributed by atoms with E-state index in [2.05, 4.69) is 89.7 Å². The zero-order valence-electron chi connectivity index (χ0n) is 21.5. The first-order chi connectivity index (χ1) is 16.5. The Balaban J connectivity index is 1.68. The lowest BCUT2D eigenvalue weighted by molar-refractivity contribution is 0.126. The van der Waals surface area contributed by atoms with Crippen molar-refractivity contribution in [2.45, 2.75) is 65.6 Å². The van der Waals surface area contributed by atoms with E-state index < -0.39 is 8.32 Å². The Kier molecular flexibility index (Phi) is 7.38. The molecule has 35 heavy (non-hydrogen) atoms. The van der Waals surface area contributed by atoms with Crippen LogP contribution in [0.25, 0.3) is 21.9 Å². The van der Waals surface area contributed by atoms with Gasteiger partial charge in [-0.1, -0.05) is 61.0 Å². The molecule has 0 spiro atoms. The Bertz CT molecular complexity index is 1340. The first kappa shape index (κ1) is 25.8. The third kappa shape index (κ3) is 5.45. The molecule has 0 aliphatic rings. The third-order valence-corrected chi connectivity index (χ3v) is 11.9. The Morgan fingerprint density at radius 2 is 1.69 bits per heavy atom. The van der Waals surface area contributed by atoms with Crippen LogP contribution >= 0.6 is 15.9 Å². The van der Waals surface area contributed by atoms with Gasteiger partial charge in [-0.3, -0.25) is 0 Å². The van der Waals surface area contributed by atoms with E-state index in [-0.39, 0.29) is 5.04 Å². The fraction of sp³-hybridized carbons (Fsp3) is 0.407. The largest absolute Gasteiger partial charge is 0.413 e. The van der Waals surface area contributed by atoms with Crippen molar-refractivity contribution in [2.75, 3.05) is 12.3 Å². The Morgan fingerprint density at radius 3 is 2.34 bits per heavy atom. The number of nitrogen functional groups attached to an aromatic ring is 1. The Morgan fingerprint density at radius 1 is 1.00 bits per heavy atom. The fourth-order valence-corrected chi connectivity index (χ4v) is 5.12. The summed E-state index contributed by atoms with van der Waals surface area (Å²) in [4.78, 5) is 9.43. The summed E-state index contributed by atoms with van der Waals surface area (Å²) in [5.41, 5.74) is 11.3. The maximum atomic E-state index is 6.40. The maximum absolute atomic E-state index is 6.40. The van der Waals surface area contributed by atoms with Crippen LogP contribution in [0.5, 0.6) is 0 Å². The van der Waals surface area contributed by atoms with Crippen LogP contribution in [-0.4, -0.2) is 29.5 Å². The summed E-state index contributed by atoms with van der Waals surface area (Å²) in [6, 6.07) is 14.7. The number of hydrogen-bond donors (Lipinski definition) is 1. The molecule has 0 unspecified atom stereocenters. The average Bonchev–Trinajstić information content (AvgIpc) is 3.15. The van der Waals surface area contributed by atoms with Crippen molar-refractivity contribution in [3.63, 3.8) is 0 Å². The summed E-state index contributed by atoms with van der Waals surface area (Å²) in [7, 11) is -1.79. The van der Waals surface area contributed by atoms with Crippen molar-refractivity contribution >= 4 is 52.0 Å². The zero-order valence-corrected chi connectivity index (χ0v) is 24.1. The van der Waals surface area contributed by atoms with Crippen LogP contribution in [0, 0.1) is 0 Å². The number of nitrogens with zero attached hydrogens (tertiary/aromatic N) is 3. The summed E-state index contributed by atoms with van der Waals surface area (Å²) >= 11 is 3.54. The summed E-state index contributed by atoms with van der Waals surface area (Å²) < 4.78 is 15.3. The zero-order chi connectivity index (χ0) is 25.4. The molecule has 0 fully saturated rings. The number of nitrogens with two attached hydrogens (primary N) is 1. The molecule has 4 rings (SSSR count). The van der Waals surface area contributed by atoms with Crippen molar-refractivity contribution in [3.8, 4) is 0 Å². The number of fused-ring (bicyclic) bond motifs is 3. The fourth-order valence-electron chi connectivity index (χ4n) is 3.81. The molecule has 8 heteroatoms. The lowest BCUT2D eigenvalue weighted by atomic mass is 10.1. The molecule has 2 N–H and O–H groups in total. The summed E-state index contributed by atoms with van der Waals surface area (Å²) in [6.07, 6.45) is 0. The highest BCUT2D eigenvalue weighted by Crippen LogP contribution is 2.37. The molecular weight excluding hydrogens is 520 g/mol. The third-order valence-electron chi connectivity index (χ3n) is 6.95. The molecule has 2 aromatic carbocycles. The van der Waals surface area contributed by atoms with Gasteiger partial charge in [-0.15, -0.1) is 0 Å². The molecule has 0 saturated carbocycles. The molecule has 0 bridgehead atoms. The first-order valence-corrected chi connectivity index (χ1v) is 15.7. The van der Waals surface area contributed by atoms with Crippen LogP contribution in [0.3, 0.4) is 0 Å². The average molecular weight is 556 g/mol. The van der Waals surface area contributed by atoms with Crippen LogP contribution in [0.15, 0.2) is 46.9 Å². The summed E-state index contributed by atoms with van der Waals surface area (Å²) in [5, 5.41) is 1.22. The number of hydrogen-bond acceptors (Lipinski definition) is 5. The second-order valence-corrected chi connectivity index (χ2v) is 16.2. The molecule has 186 valence electrons. The highest BCUT2D eigenvalue weighted by Gasteiger charge is 2.37. The van der Waals surface area contributed by atoms with Gasteiger partial charge in [-0.25, -0.2) is 9.97 Å². The van der Waals surface area contributed by atoms with Gasteiger partial charge >= 0.3 is 0 Å². The van der Waals surface area contributed by atoms with E-state index in [1.54, 1.807) is 0 Å². The minimum absolute atomic E-state index is 0.196. The van der Waals surface area contributed by atoms with Gasteiger partial charge in [0.05, 0.1) is 17.6 Å². The van der Waals surface area contributed by atoms with E-state index in [1.807, 2.05) is 19.1 Å². The summed E-state index contributed by atoms with van der Waals surface area (Å²) in [6.45, 7) is 15.7. The van der Waals surface area contributed by atoms with Gasteiger partial charge in [0.15, 0.2) is 14.1 Å². The summed E-state index contributed by atoms with van der Waals surface area (Å²) in [5.74, 6) is 1.27. The van der Waals surface area contributed by atoms with Crippen molar-refractivity contribution in [1.82, 2.24) is 14.5 Å². The van der Waals surface area contributed by atoms with Gasteiger partial charge in [0.25, 0.3) is 0 Å². The molecule has 0 aliphatic heterocycles. The molecule has 0 amide bonds. The smallest absolute Gasteiger partial charge is 0.192 e. The normalized spacial score (nSPS) is 12.7. The van der Waals surface area contributed by atoms with Crippen LogP contribution in [0.2, 0.25) is 18.1 Å². The number of ether oxygens (including phenoxy) is 1. The molecule has 2 aromatic heterocycles. The van der Waals surface area contributed by atoms with Gasteiger partial charge in [-0.2, -0.15) is 0 Å². The number of benzene rings is 2. The van der Waals surface area contributed by atoms with Gasteiger partial charge in [0.2, 0.25) is 0 Å². The van der Waals surface area contributed by atoms with Crippen LogP contribution < -0.4 is 5.73 Å². The quantitative estimate of drug-likeness (QED) is 0.236. The molecule has 2 heterocycles. The Labute approximate surface area is 217 Å². The van der Waals surface area contributed by atoms with Gasteiger partial charge in [-0.05, 0) is 54.4 Å². The predicted octanol–water partition coefficient (Wildman–Crippen LogP) is 7.04. The van der Waals surface area contributed by atoms with E-state index in [4.69, 9.17) is 19.9 Å². The highest BCUT2D eigenvalue weighted by molar-refractivity contribution is 9.10. The standard InChI is InChI=1S/C27H35BrN4O2Si/c1-7-33-17-23-31-24-25(21-13-12-20(28)14-22(21)30-26(24)29)32(23)15-18-8-10-19(11-9-18)16-34-35(5,6)27(2,3)4/h8-14H,7,15-17H2,1-6H3,(H2,29,30). The number of pyridine rings is 1. The topological polar surface area (TPSA) is 75.2 Å². The van der Waals surface area contributed by atoms with E-state index in [0.717, 1.165) is 26.7 Å². The molecule has 0 saturated heterocycles. The van der Waals surface area contributed by atoms with Crippen molar-refractivity contribution in [2.24, 2.45) is 0 Å². The monoisotopic (exact) mass is 554 g/mol. The second-order valence-electron chi connectivity index (χ2n) is 10.5. The number of halogens is 1. The van der Waals surface area contributed by atoms with E-state index >= 15 is 0 Å². The number of aromatic nitrogens is 3. The van der Waals surface area contributed by atoms with E-state index in [9.17, 15) is 0 Å². The van der Waals surface area contributed by atoms with Crippen LogP contribution in [0.4, 0.5) is 5.82 Å². The molecule has 0 radical (unpaired) electrons. The van der Waals surface area contributed by atoms with Gasteiger partial charge < -0.3 is 19.5 Å². The number of anilines is 1. The van der Waals surface area contributed by atoms with Crippen molar-refractivity contribution in [3.05, 3.63) is 63.9 Å². The lowest BCUT2D eigenvalue weighted by Crippen LogP contribution is -2.40. The predicted molar refractivity (Wildman–Crippen MR) is 150 cm³/mol. The molecule has 0 atom stereocenters. The van der Waals surface area contributed by atoms with Gasteiger partial charge in [0.1, 0.15) is 17.9 Å². The first-order valence-electron chi connectivity index (χ1n) is 12.0. The minimum atomic E-state index is -1.79. The van der Waals surface area contributed by atoms with Crippen molar-refractivity contribution < 1.29 is 9.16 Å². The highest BCUT2D eigenvalue weighted by atomic mass is 79.9. The van der Waals surface area contributed by atoms with Crippen molar-refractivity contribution in [1.29, 1.82) is 0 Å². The molecule has 0 aliphatic carbocycles. The van der Waals surface area contributed by atoms with E-state index in [1.165, 1.54) is 11.1 Å². The minimum Gasteiger partial charge on any atom is -0.413 e. The lowest BCUT2D eigenvalue weighted by Gasteiger charge is -2.36. The molecule has 6 nitrogen and oxygen atoms in total. The number of rotatable bonds is 8. The molecule has 4 aromatic rings. The maximum Gasteiger partial charge on any atom is 0.192 e. The SMILES string of the molecule is CCOCc1nc2c(N)nc3cc(Br)ccc3c2n1Cc1ccc(CO[Si](C)(C)C(C)(C)C)cc1. The molecular formula is C27H35BrN4O2Si. The number of imidazole rings is 1. The second kappa shape index (κ2) is 10.0. The van der Waals surface area contributed by atoms with Crippen LogP contribution in [0.1, 0.15) is 44.6 Å². The Hall–Kier alpha value is -2.26. The van der Waals surface area contributed by atoms with Gasteiger partial charge in [0, 0.05) is 23.0 Å².